The molecule has 2 saturated heterocycles. The van der Waals surface area contributed by atoms with E-state index in [1.807, 2.05) is 24.3 Å². The average Bonchev–Trinajstić information content (AvgIpc) is 3.31. The third kappa shape index (κ3) is 6.63. The fourth-order valence-corrected chi connectivity index (χ4v) is 5.49. The Morgan fingerprint density at radius 2 is 1.79 bits per heavy atom. The number of para-hydroxylation sites is 1. The third-order valence-corrected chi connectivity index (χ3v) is 7.71. The topological polar surface area (TPSA) is 120 Å². The van der Waals surface area contributed by atoms with Crippen molar-refractivity contribution in [2.75, 3.05) is 26.7 Å². The lowest BCUT2D eigenvalue weighted by molar-refractivity contribution is -0.150. The lowest BCUT2D eigenvalue weighted by Crippen LogP contribution is -2.63. The Morgan fingerprint density at radius 1 is 1.08 bits per heavy atom. The maximum Gasteiger partial charge on any atom is 0.259 e. The normalized spacial score (nSPS) is 25.6. The Morgan fingerprint density at radius 3 is 2.49 bits per heavy atom. The van der Waals surface area contributed by atoms with E-state index in [0.29, 0.717) is 32.3 Å². The Labute approximate surface area is 234 Å². The summed E-state index contributed by atoms with van der Waals surface area (Å²) in [5.74, 6) is -1.11. The van der Waals surface area contributed by atoms with E-state index in [-0.39, 0.29) is 43.5 Å². The molecule has 1 aromatic carbocycles. The van der Waals surface area contributed by atoms with Gasteiger partial charge in [0.25, 0.3) is 5.91 Å². The van der Waals surface area contributed by atoms with E-state index < -0.39 is 41.5 Å². The van der Waals surface area contributed by atoms with Crippen LogP contribution < -0.4 is 20.7 Å². The summed E-state index contributed by atoms with van der Waals surface area (Å²) in [5.41, 5.74) is -1.22. The van der Waals surface area contributed by atoms with Crippen LogP contribution in [0.5, 0.6) is 5.75 Å². The van der Waals surface area contributed by atoms with Crippen LogP contribution in [-0.4, -0.2) is 90.0 Å². The van der Waals surface area contributed by atoms with Crippen molar-refractivity contribution in [1.29, 1.82) is 0 Å². The Bertz CT molecular complexity index is 1080. The molecule has 3 aliphatic rings. The molecule has 5 atom stereocenters. The van der Waals surface area contributed by atoms with E-state index in [0.717, 1.165) is 11.3 Å². The van der Waals surface area contributed by atoms with E-state index in [1.54, 1.807) is 18.9 Å². The zero-order valence-electron chi connectivity index (χ0n) is 22.9. The molecule has 39 heavy (non-hydrogen) atoms. The molecule has 1 aromatic rings. The number of nitrogens with one attached hydrogen (secondary N) is 3. The number of amides is 4. The smallest absolute Gasteiger partial charge is 0.259 e. The summed E-state index contributed by atoms with van der Waals surface area (Å²) in [6.45, 7) is 4.54. The lowest BCUT2D eigenvalue weighted by atomic mass is 10.00. The number of carbonyl (C=O) groups excluding carboxylic acids is 4. The molecular weight excluding hydrogens is 529 g/mol. The Balaban J connectivity index is 0.00000420. The van der Waals surface area contributed by atoms with Crippen LogP contribution in [0.4, 0.5) is 4.39 Å². The maximum absolute atomic E-state index is 14.6. The van der Waals surface area contributed by atoms with Crippen molar-refractivity contribution in [3.05, 3.63) is 29.8 Å². The second kappa shape index (κ2) is 12.5. The van der Waals surface area contributed by atoms with Crippen molar-refractivity contribution in [1.82, 2.24) is 25.8 Å². The SMILES string of the molecule is CN[C@@H](C)C(=O)N[C@H]1CN(C(=O)C(C)(C)F)CC[C@H]2CC[C@@H](C(=O)N[C@@H]3CCOc4ccccc43)N2C1=O.Cl. The molecule has 216 valence electrons. The van der Waals surface area contributed by atoms with Gasteiger partial charge in [-0.25, -0.2) is 4.39 Å². The van der Waals surface area contributed by atoms with Gasteiger partial charge in [0.15, 0.2) is 5.67 Å². The average molecular weight is 568 g/mol. The predicted molar refractivity (Wildman–Crippen MR) is 145 cm³/mol. The maximum atomic E-state index is 14.6. The highest BCUT2D eigenvalue weighted by Gasteiger charge is 2.47. The summed E-state index contributed by atoms with van der Waals surface area (Å²) in [4.78, 5) is 55.9. The van der Waals surface area contributed by atoms with Gasteiger partial charge < -0.3 is 30.5 Å². The minimum absolute atomic E-state index is 0. The van der Waals surface area contributed by atoms with Crippen molar-refractivity contribution < 1.29 is 28.3 Å². The zero-order chi connectivity index (χ0) is 27.6. The third-order valence-electron chi connectivity index (χ3n) is 7.71. The first-order valence-electron chi connectivity index (χ1n) is 13.3. The highest BCUT2D eigenvalue weighted by molar-refractivity contribution is 5.95. The van der Waals surface area contributed by atoms with Gasteiger partial charge in [-0.1, -0.05) is 18.2 Å². The van der Waals surface area contributed by atoms with Crippen molar-refractivity contribution in [3.8, 4) is 5.75 Å². The van der Waals surface area contributed by atoms with Crippen molar-refractivity contribution in [3.63, 3.8) is 0 Å². The zero-order valence-corrected chi connectivity index (χ0v) is 23.7. The molecule has 0 spiro atoms. The summed E-state index contributed by atoms with van der Waals surface area (Å²) in [6.07, 6.45) is 2.07. The number of hydrogen-bond donors (Lipinski definition) is 3. The quantitative estimate of drug-likeness (QED) is 0.479. The molecule has 10 nitrogen and oxygen atoms in total. The highest BCUT2D eigenvalue weighted by atomic mass is 35.5. The van der Waals surface area contributed by atoms with Crippen molar-refractivity contribution in [2.45, 2.75) is 82.3 Å². The summed E-state index contributed by atoms with van der Waals surface area (Å²) in [5, 5.41) is 8.68. The van der Waals surface area contributed by atoms with Crippen LogP contribution in [0.1, 0.15) is 58.1 Å². The highest BCUT2D eigenvalue weighted by Crippen LogP contribution is 2.34. The Kier molecular flexibility index (Phi) is 9.82. The predicted octanol–water partition coefficient (Wildman–Crippen LogP) is 1.48. The summed E-state index contributed by atoms with van der Waals surface area (Å²) in [7, 11) is 1.62. The van der Waals surface area contributed by atoms with E-state index in [2.05, 4.69) is 16.0 Å². The molecule has 0 aromatic heterocycles. The standard InChI is InChI=1S/C27H38FN5O5.ClH/c1-16(29-4)23(34)31-20-15-32(26(37)27(2,3)28)13-11-17-9-10-21(33(17)25(20)36)24(35)30-19-12-14-38-22-8-6-5-7-18(19)22;/h5-8,16-17,19-21,29H,9-15H2,1-4H3,(H,30,35)(H,31,34);1H/t16-,17+,19+,20-,21-;/m0./s1. The van der Waals surface area contributed by atoms with E-state index >= 15 is 0 Å². The van der Waals surface area contributed by atoms with Gasteiger partial charge >= 0.3 is 0 Å². The lowest BCUT2D eigenvalue weighted by Gasteiger charge is -2.40. The number of rotatable bonds is 6. The molecule has 4 rings (SSSR count). The summed E-state index contributed by atoms with van der Waals surface area (Å²) >= 11 is 0. The van der Waals surface area contributed by atoms with Crippen molar-refractivity contribution in [2.24, 2.45) is 0 Å². The van der Waals surface area contributed by atoms with Crippen LogP contribution in [0.15, 0.2) is 24.3 Å². The molecule has 0 radical (unpaired) electrons. The number of fused-ring (bicyclic) bond motifs is 2. The van der Waals surface area contributed by atoms with E-state index in [9.17, 15) is 23.6 Å². The van der Waals surface area contributed by atoms with Crippen LogP contribution >= 0.6 is 12.4 Å². The number of hydrogen-bond acceptors (Lipinski definition) is 6. The first kappa shape index (κ1) is 30.6. The molecule has 0 unspecified atom stereocenters. The first-order chi connectivity index (χ1) is 18.0. The summed E-state index contributed by atoms with van der Waals surface area (Å²) in [6, 6.07) is 4.63. The molecule has 3 heterocycles. The van der Waals surface area contributed by atoms with Crippen LogP contribution in [-0.2, 0) is 19.2 Å². The van der Waals surface area contributed by atoms with Crippen LogP contribution in [0.2, 0.25) is 0 Å². The minimum Gasteiger partial charge on any atom is -0.493 e. The molecule has 0 saturated carbocycles. The number of benzene rings is 1. The molecule has 4 amide bonds. The van der Waals surface area contributed by atoms with Gasteiger partial charge in [0.2, 0.25) is 17.7 Å². The summed E-state index contributed by atoms with van der Waals surface area (Å²) < 4.78 is 20.3. The van der Waals surface area contributed by atoms with Gasteiger partial charge in [-0.2, -0.15) is 0 Å². The number of carbonyl (C=O) groups is 4. The Hall–Kier alpha value is -2.92. The number of alkyl halides is 1. The minimum atomic E-state index is -2.12. The van der Waals surface area contributed by atoms with Crippen LogP contribution in [0.3, 0.4) is 0 Å². The largest absolute Gasteiger partial charge is 0.493 e. The molecule has 3 aliphatic heterocycles. The number of ether oxygens (including phenoxy) is 1. The van der Waals surface area contributed by atoms with E-state index in [4.69, 9.17) is 4.74 Å². The second-order valence-corrected chi connectivity index (χ2v) is 10.8. The van der Waals surface area contributed by atoms with Gasteiger partial charge in [-0.3, -0.25) is 19.2 Å². The fourth-order valence-electron chi connectivity index (χ4n) is 5.49. The van der Waals surface area contributed by atoms with Gasteiger partial charge in [0.1, 0.15) is 17.8 Å². The molecule has 0 aliphatic carbocycles. The molecule has 3 N–H and O–H groups in total. The number of likely N-dealkylation sites (N-methyl/N-ethyl adjacent to an activating group) is 1. The molecule has 2 fully saturated rings. The molecular formula is C27H39ClFN5O5. The van der Waals surface area contributed by atoms with Gasteiger partial charge in [-0.05, 0) is 53.1 Å². The first-order valence-corrected chi connectivity index (χ1v) is 13.3. The fraction of sp³-hybridized carbons (Fsp3) is 0.630. The van der Waals surface area contributed by atoms with Gasteiger partial charge in [-0.15, -0.1) is 12.4 Å². The molecule has 12 heteroatoms. The van der Waals surface area contributed by atoms with Gasteiger partial charge in [0, 0.05) is 24.6 Å². The monoisotopic (exact) mass is 567 g/mol. The second-order valence-electron chi connectivity index (χ2n) is 10.8. The molecule has 0 bridgehead atoms. The van der Waals surface area contributed by atoms with Crippen LogP contribution in [0.25, 0.3) is 0 Å². The number of nitrogens with zero attached hydrogens (tertiary/aromatic N) is 2. The van der Waals surface area contributed by atoms with Crippen molar-refractivity contribution >= 4 is 36.0 Å². The number of halogens is 2. The van der Waals surface area contributed by atoms with E-state index in [1.165, 1.54) is 18.7 Å². The van der Waals surface area contributed by atoms with Gasteiger partial charge in [0.05, 0.1) is 25.2 Å². The van der Waals surface area contributed by atoms with Crippen LogP contribution in [0, 0.1) is 0 Å².